The van der Waals surface area contributed by atoms with Crippen LogP contribution in [0.3, 0.4) is 0 Å². The summed E-state index contributed by atoms with van der Waals surface area (Å²) in [6.45, 7) is 5.59. The van der Waals surface area contributed by atoms with Crippen LogP contribution in [0.2, 0.25) is 0 Å². The van der Waals surface area contributed by atoms with Gasteiger partial charge in [0.2, 0.25) is 0 Å². The van der Waals surface area contributed by atoms with Crippen LogP contribution in [-0.2, 0) is 0 Å². The fourth-order valence-electron chi connectivity index (χ4n) is 0.266. The van der Waals surface area contributed by atoms with Crippen molar-refractivity contribution in [2.75, 3.05) is 0 Å². The van der Waals surface area contributed by atoms with E-state index in [0.717, 1.165) is 12.0 Å². The molecule has 0 aliphatic heterocycles. The Morgan fingerprint density at radius 2 is 2.43 bits per heavy atom. The molecule has 0 bridgehead atoms. The summed E-state index contributed by atoms with van der Waals surface area (Å²) in [7, 11) is 0. The van der Waals surface area contributed by atoms with Crippen LogP contribution in [0.4, 0.5) is 0 Å². The third-order valence-corrected chi connectivity index (χ3v) is 1.09. The van der Waals surface area contributed by atoms with Gasteiger partial charge < -0.3 is 0 Å². The SMILES string of the molecule is C=CC(=CCl)CC. The molecule has 0 amide bonds. The molecule has 0 unspecified atom stereocenters. The van der Waals surface area contributed by atoms with Crippen LogP contribution in [0, 0.1) is 0 Å². The van der Waals surface area contributed by atoms with Crippen molar-refractivity contribution in [2.45, 2.75) is 13.3 Å². The molecule has 1 heteroatoms. The van der Waals surface area contributed by atoms with E-state index < -0.39 is 0 Å². The van der Waals surface area contributed by atoms with Crippen molar-refractivity contribution in [3.8, 4) is 0 Å². The van der Waals surface area contributed by atoms with Gasteiger partial charge in [-0.1, -0.05) is 31.2 Å². The number of allylic oxidation sites excluding steroid dienone is 2. The molecule has 40 valence electrons. The van der Waals surface area contributed by atoms with Crippen LogP contribution in [0.5, 0.6) is 0 Å². The molecule has 0 N–H and O–H groups in total. The normalized spacial score (nSPS) is 11.4. The second kappa shape index (κ2) is 3.94. The summed E-state index contributed by atoms with van der Waals surface area (Å²) in [4.78, 5) is 0. The van der Waals surface area contributed by atoms with Gasteiger partial charge in [0.1, 0.15) is 0 Å². The summed E-state index contributed by atoms with van der Waals surface area (Å²) < 4.78 is 0. The van der Waals surface area contributed by atoms with Crippen LogP contribution in [0.15, 0.2) is 23.8 Å². The minimum absolute atomic E-state index is 0.965. The van der Waals surface area contributed by atoms with E-state index in [9.17, 15) is 0 Å². The molecule has 0 aliphatic carbocycles. The Morgan fingerprint density at radius 3 is 2.43 bits per heavy atom. The van der Waals surface area contributed by atoms with Crippen molar-refractivity contribution < 1.29 is 0 Å². The fourth-order valence-corrected chi connectivity index (χ4v) is 0.509. The Balaban J connectivity index is 3.60. The summed E-state index contributed by atoms with van der Waals surface area (Å²) in [6, 6.07) is 0. The lowest BCUT2D eigenvalue weighted by Gasteiger charge is -1.86. The zero-order chi connectivity index (χ0) is 5.70. The predicted molar refractivity (Wildman–Crippen MR) is 34.4 cm³/mol. The molecule has 7 heavy (non-hydrogen) atoms. The van der Waals surface area contributed by atoms with Crippen molar-refractivity contribution in [1.82, 2.24) is 0 Å². The molecule has 0 aromatic rings. The van der Waals surface area contributed by atoms with Gasteiger partial charge in [-0.3, -0.25) is 0 Å². The van der Waals surface area contributed by atoms with Gasteiger partial charge in [-0.25, -0.2) is 0 Å². The molecule has 0 atom stereocenters. The molecule has 0 heterocycles. The molecule has 0 rings (SSSR count). The van der Waals surface area contributed by atoms with Gasteiger partial charge in [0.25, 0.3) is 0 Å². The quantitative estimate of drug-likeness (QED) is 0.487. The molecule has 0 nitrogen and oxygen atoms in total. The zero-order valence-electron chi connectivity index (χ0n) is 4.45. The molecule has 0 fully saturated rings. The Morgan fingerprint density at radius 1 is 1.86 bits per heavy atom. The lowest BCUT2D eigenvalue weighted by Crippen LogP contribution is -1.66. The monoisotopic (exact) mass is 116 g/mol. The second-order valence-corrected chi connectivity index (χ2v) is 1.46. The van der Waals surface area contributed by atoms with E-state index >= 15 is 0 Å². The van der Waals surface area contributed by atoms with Crippen LogP contribution < -0.4 is 0 Å². The van der Waals surface area contributed by atoms with Gasteiger partial charge in [0.05, 0.1) is 0 Å². The first kappa shape index (κ1) is 6.77. The summed E-state index contributed by atoms with van der Waals surface area (Å²) in [5.41, 5.74) is 2.63. The molecule has 0 saturated heterocycles. The maximum atomic E-state index is 5.33. The molecule has 0 saturated carbocycles. The number of halogens is 1. The number of rotatable bonds is 2. The molecule has 0 aromatic heterocycles. The maximum absolute atomic E-state index is 5.33. The van der Waals surface area contributed by atoms with Crippen molar-refractivity contribution in [1.29, 1.82) is 0 Å². The van der Waals surface area contributed by atoms with Gasteiger partial charge in [0.15, 0.2) is 0 Å². The Hall–Kier alpha value is -0.230. The lowest BCUT2D eigenvalue weighted by molar-refractivity contribution is 1.16. The highest BCUT2D eigenvalue weighted by Gasteiger charge is 1.79. The van der Waals surface area contributed by atoms with Crippen LogP contribution >= 0.6 is 11.6 Å². The minimum Gasteiger partial charge on any atom is -0.0988 e. The van der Waals surface area contributed by atoms with Crippen LogP contribution in [-0.4, -0.2) is 0 Å². The topological polar surface area (TPSA) is 0 Å². The van der Waals surface area contributed by atoms with E-state index in [1.807, 2.05) is 6.92 Å². The fraction of sp³-hybridized carbons (Fsp3) is 0.333. The number of hydrogen-bond acceptors (Lipinski definition) is 0. The molecule has 0 radical (unpaired) electrons. The van der Waals surface area contributed by atoms with Gasteiger partial charge in [-0.15, -0.1) is 0 Å². The first-order valence-corrected chi connectivity index (χ1v) is 2.70. The Labute approximate surface area is 49.5 Å². The molecular formula is C6H9Cl. The second-order valence-electron chi connectivity index (χ2n) is 1.24. The third kappa shape index (κ3) is 2.46. The maximum Gasteiger partial charge on any atom is 0.00742 e. The van der Waals surface area contributed by atoms with Crippen molar-refractivity contribution >= 4 is 11.6 Å². The largest absolute Gasteiger partial charge is 0.0988 e. The average molecular weight is 117 g/mol. The van der Waals surface area contributed by atoms with Gasteiger partial charge in [-0.2, -0.15) is 0 Å². The van der Waals surface area contributed by atoms with E-state index in [0.29, 0.717) is 0 Å². The number of hydrogen-bond donors (Lipinski definition) is 0. The Bertz CT molecular complexity index is 82.2. The highest BCUT2D eigenvalue weighted by Crippen LogP contribution is 2.01. The summed E-state index contributed by atoms with van der Waals surface area (Å²) in [6.07, 6.45) is 2.72. The highest BCUT2D eigenvalue weighted by molar-refractivity contribution is 6.25. The minimum atomic E-state index is 0.965. The lowest BCUT2D eigenvalue weighted by atomic mass is 10.2. The summed E-state index contributed by atoms with van der Waals surface area (Å²) in [5, 5.41) is 0. The van der Waals surface area contributed by atoms with Gasteiger partial charge in [-0.05, 0) is 12.0 Å². The smallest absolute Gasteiger partial charge is 0.00742 e. The molecule has 0 aromatic carbocycles. The Kier molecular flexibility index (Phi) is 3.81. The van der Waals surface area contributed by atoms with Crippen molar-refractivity contribution in [3.05, 3.63) is 23.8 Å². The summed E-state index contributed by atoms with van der Waals surface area (Å²) >= 11 is 5.33. The van der Waals surface area contributed by atoms with E-state index in [2.05, 4.69) is 6.58 Å². The van der Waals surface area contributed by atoms with Gasteiger partial charge in [0, 0.05) is 5.54 Å². The van der Waals surface area contributed by atoms with Crippen LogP contribution in [0.1, 0.15) is 13.3 Å². The predicted octanol–water partition coefficient (Wildman–Crippen LogP) is 2.71. The van der Waals surface area contributed by atoms with E-state index in [1.165, 1.54) is 0 Å². The first-order valence-electron chi connectivity index (χ1n) is 2.26. The van der Waals surface area contributed by atoms with Crippen molar-refractivity contribution in [3.63, 3.8) is 0 Å². The zero-order valence-corrected chi connectivity index (χ0v) is 5.20. The van der Waals surface area contributed by atoms with E-state index in [4.69, 9.17) is 11.6 Å². The first-order chi connectivity index (χ1) is 3.35. The average Bonchev–Trinajstić information content (AvgIpc) is 1.72. The standard InChI is InChI=1S/C6H9Cl/c1-3-6(4-2)5-7/h3,5H,1,4H2,2H3. The van der Waals surface area contributed by atoms with E-state index in [1.54, 1.807) is 11.6 Å². The van der Waals surface area contributed by atoms with E-state index in [-0.39, 0.29) is 0 Å². The third-order valence-electron chi connectivity index (χ3n) is 0.811. The summed E-state index contributed by atoms with van der Waals surface area (Å²) in [5.74, 6) is 0. The molecular weight excluding hydrogens is 108 g/mol. The van der Waals surface area contributed by atoms with Crippen molar-refractivity contribution in [2.24, 2.45) is 0 Å². The van der Waals surface area contributed by atoms with Crippen LogP contribution in [0.25, 0.3) is 0 Å². The van der Waals surface area contributed by atoms with Gasteiger partial charge >= 0.3 is 0 Å². The highest BCUT2D eigenvalue weighted by atomic mass is 35.5. The molecule has 0 aliphatic rings. The molecule has 0 spiro atoms.